The third-order valence-corrected chi connectivity index (χ3v) is 4.69. The van der Waals surface area contributed by atoms with Crippen molar-refractivity contribution in [1.82, 2.24) is 0 Å². The van der Waals surface area contributed by atoms with Gasteiger partial charge in [-0.3, -0.25) is 14.4 Å². The maximum Gasteiger partial charge on any atom is 0.240 e. The zero-order valence-corrected chi connectivity index (χ0v) is 15.1. The van der Waals surface area contributed by atoms with Gasteiger partial charge in [-0.1, -0.05) is 6.82 Å². The summed E-state index contributed by atoms with van der Waals surface area (Å²) >= 11 is 3.04. The van der Waals surface area contributed by atoms with Crippen molar-refractivity contribution in [1.29, 1.82) is 0 Å². The molecule has 0 spiro atoms. The average molecular weight is 422 g/mol. The number of benzene rings is 1. The van der Waals surface area contributed by atoms with Gasteiger partial charge >= 0.3 is 0 Å². The van der Waals surface area contributed by atoms with E-state index >= 15 is 0 Å². The molecule has 26 heavy (non-hydrogen) atoms. The number of ether oxygens (including phenoxy) is 1. The fourth-order valence-corrected chi connectivity index (χ4v) is 3.27. The van der Waals surface area contributed by atoms with E-state index in [0.717, 1.165) is 25.5 Å². The number of ketones is 3. The van der Waals surface area contributed by atoms with E-state index < -0.39 is 34.7 Å². The minimum absolute atomic E-state index is 0.0207. The molecule has 131 valence electrons. The van der Waals surface area contributed by atoms with Crippen LogP contribution in [0.25, 0.3) is 5.47 Å². The van der Waals surface area contributed by atoms with E-state index in [2.05, 4.69) is 20.7 Å². The van der Waals surface area contributed by atoms with Crippen molar-refractivity contribution in [3.8, 4) is 5.75 Å². The van der Waals surface area contributed by atoms with Gasteiger partial charge in [0.15, 0.2) is 30.4 Å². The van der Waals surface area contributed by atoms with Gasteiger partial charge < -0.3 is 9.15 Å². The first-order valence-electron chi connectivity index (χ1n) is 7.29. The van der Waals surface area contributed by atoms with Crippen LogP contribution in [0, 0.1) is 11.6 Å². The Morgan fingerprint density at radius 3 is 2.35 bits per heavy atom. The molecule has 2 aromatic rings. The van der Waals surface area contributed by atoms with E-state index in [4.69, 9.17) is 4.42 Å². The van der Waals surface area contributed by atoms with Gasteiger partial charge in [-0.15, -0.1) is 0 Å². The second kappa shape index (κ2) is 6.64. The van der Waals surface area contributed by atoms with E-state index in [-0.39, 0.29) is 26.9 Å². The van der Waals surface area contributed by atoms with Crippen molar-refractivity contribution in [2.75, 3.05) is 7.11 Å². The Hall–Kier alpha value is -2.55. The third-order valence-electron chi connectivity index (χ3n) is 3.90. The summed E-state index contributed by atoms with van der Waals surface area (Å²) in [7, 11) is 2.63. The molecule has 0 bridgehead atoms. The monoisotopic (exact) mass is 421 g/mol. The largest absolute Gasteiger partial charge is 0.491 e. The fourth-order valence-electron chi connectivity index (χ4n) is 2.68. The standard InChI is InChI=1S/C17H9BBrF2O5/c1-18-11-12(19)15(24)14(23)10-7(5-26-17(10)11)13(22)6-3-8(20)16(25-2)9(21)4-6/h3-5H,1-2H3. The first-order valence-corrected chi connectivity index (χ1v) is 8.08. The van der Waals surface area contributed by atoms with Crippen molar-refractivity contribution < 1.29 is 32.3 Å². The number of rotatable bonds is 4. The summed E-state index contributed by atoms with van der Waals surface area (Å²) in [5, 5.41) is 0. The smallest absolute Gasteiger partial charge is 0.240 e. The molecule has 0 N–H and O–H groups in total. The number of methoxy groups -OCH3 is 1. The Bertz CT molecular complexity index is 986. The molecule has 1 aromatic heterocycles. The van der Waals surface area contributed by atoms with Gasteiger partial charge in [0.2, 0.25) is 11.6 Å². The second-order valence-corrected chi connectivity index (χ2v) is 6.12. The molecular weight excluding hydrogens is 413 g/mol. The zero-order valence-electron chi connectivity index (χ0n) is 13.5. The molecule has 1 aliphatic rings. The zero-order chi connectivity index (χ0) is 19.2. The van der Waals surface area contributed by atoms with E-state index in [1.165, 1.54) is 7.28 Å². The summed E-state index contributed by atoms with van der Waals surface area (Å²) in [6.45, 7) is 1.63. The molecule has 0 amide bonds. The highest BCUT2D eigenvalue weighted by molar-refractivity contribution is 9.12. The molecule has 1 heterocycles. The molecule has 0 aliphatic heterocycles. The Morgan fingerprint density at radius 2 is 1.81 bits per heavy atom. The van der Waals surface area contributed by atoms with E-state index in [1.54, 1.807) is 6.82 Å². The van der Waals surface area contributed by atoms with Crippen LogP contribution in [0.3, 0.4) is 0 Å². The lowest BCUT2D eigenvalue weighted by molar-refractivity contribution is -0.111. The molecule has 9 heteroatoms. The average Bonchev–Trinajstić information content (AvgIpc) is 3.04. The molecular formula is C17H9BBrF2O5. The second-order valence-electron chi connectivity index (χ2n) is 5.33. The van der Waals surface area contributed by atoms with Gasteiger partial charge in [-0.05, 0) is 33.5 Å². The number of carbonyl (C=O) groups is 3. The lowest BCUT2D eigenvalue weighted by Crippen LogP contribution is -2.24. The Balaban J connectivity index is 2.15. The van der Waals surface area contributed by atoms with Crippen molar-refractivity contribution in [3.05, 3.63) is 57.0 Å². The molecule has 0 fully saturated rings. The molecule has 3 rings (SSSR count). The number of hydrogen-bond donors (Lipinski definition) is 0. The third kappa shape index (κ3) is 2.63. The summed E-state index contributed by atoms with van der Waals surface area (Å²) in [5.74, 6) is -5.36. The van der Waals surface area contributed by atoms with Crippen molar-refractivity contribution >= 4 is 46.0 Å². The van der Waals surface area contributed by atoms with E-state index in [9.17, 15) is 23.2 Å². The molecule has 1 radical (unpaired) electrons. The lowest BCUT2D eigenvalue weighted by atomic mass is 9.67. The molecule has 0 unspecified atom stereocenters. The predicted molar refractivity (Wildman–Crippen MR) is 91.9 cm³/mol. The Morgan fingerprint density at radius 1 is 1.19 bits per heavy atom. The molecule has 0 atom stereocenters. The molecule has 5 nitrogen and oxygen atoms in total. The highest BCUT2D eigenvalue weighted by atomic mass is 79.9. The molecule has 0 saturated carbocycles. The highest BCUT2D eigenvalue weighted by Crippen LogP contribution is 2.36. The van der Waals surface area contributed by atoms with Gasteiger partial charge in [0, 0.05) is 5.56 Å². The number of allylic oxidation sites excluding steroid dienone is 1. The number of carbonyl (C=O) groups excluding carboxylic acids is 3. The van der Waals surface area contributed by atoms with Crippen LogP contribution in [0.1, 0.15) is 32.0 Å². The summed E-state index contributed by atoms with van der Waals surface area (Å²) in [5.41, 5.74) is -0.509. The maximum atomic E-state index is 13.9. The number of Topliss-reactive ketones (excluding diaryl/α,β-unsaturated/α-hetero) is 2. The topological polar surface area (TPSA) is 73.6 Å². The Kier molecular flexibility index (Phi) is 4.66. The first kappa shape index (κ1) is 18.3. The van der Waals surface area contributed by atoms with Crippen LogP contribution in [0.15, 0.2) is 27.3 Å². The summed E-state index contributed by atoms with van der Waals surface area (Å²) < 4.78 is 37.6. The van der Waals surface area contributed by atoms with Gasteiger partial charge in [0.1, 0.15) is 12.0 Å². The number of halogens is 3. The minimum Gasteiger partial charge on any atom is -0.491 e. The van der Waals surface area contributed by atoms with Crippen LogP contribution in [0.4, 0.5) is 8.78 Å². The normalized spacial score (nSPS) is 13.7. The first-order chi connectivity index (χ1) is 12.3. The molecule has 1 aliphatic carbocycles. The number of furan rings is 1. The molecule has 0 saturated heterocycles. The molecule has 1 aromatic carbocycles. The SMILES string of the molecule is C[B]C1=C(Br)C(=O)C(=O)c2c(C(=O)c3cc(F)c(OC)c(F)c3)coc21. The quantitative estimate of drug-likeness (QED) is 0.430. The van der Waals surface area contributed by atoms with Gasteiger partial charge in [-0.25, -0.2) is 8.78 Å². The van der Waals surface area contributed by atoms with Crippen LogP contribution in [-0.2, 0) is 4.79 Å². The van der Waals surface area contributed by atoms with Crippen molar-refractivity contribution in [2.45, 2.75) is 6.82 Å². The minimum atomic E-state index is -1.07. The van der Waals surface area contributed by atoms with E-state index in [1.807, 2.05) is 0 Å². The van der Waals surface area contributed by atoms with Crippen molar-refractivity contribution in [3.63, 3.8) is 0 Å². The fraction of sp³-hybridized carbons (Fsp3) is 0.118. The summed E-state index contributed by atoms with van der Waals surface area (Å²) in [4.78, 5) is 37.1. The number of fused-ring (bicyclic) bond motifs is 1. The number of hydrogen-bond acceptors (Lipinski definition) is 5. The van der Waals surface area contributed by atoms with Crippen LogP contribution in [0.5, 0.6) is 5.75 Å². The van der Waals surface area contributed by atoms with Gasteiger partial charge in [0.05, 0.1) is 22.7 Å². The maximum absolute atomic E-state index is 13.9. The summed E-state index contributed by atoms with van der Waals surface area (Å²) in [6, 6.07) is 1.58. The van der Waals surface area contributed by atoms with Crippen molar-refractivity contribution in [2.24, 2.45) is 0 Å². The van der Waals surface area contributed by atoms with Crippen LogP contribution in [-0.4, -0.2) is 31.7 Å². The van der Waals surface area contributed by atoms with Gasteiger partial charge in [-0.2, -0.15) is 0 Å². The van der Waals surface area contributed by atoms with Gasteiger partial charge in [0.25, 0.3) is 0 Å². The van der Waals surface area contributed by atoms with Crippen LogP contribution < -0.4 is 4.74 Å². The highest BCUT2D eigenvalue weighted by Gasteiger charge is 2.37. The van der Waals surface area contributed by atoms with Crippen LogP contribution in [0.2, 0.25) is 6.82 Å². The lowest BCUT2D eigenvalue weighted by Gasteiger charge is -2.13. The Labute approximate surface area is 155 Å². The summed E-state index contributed by atoms with van der Waals surface area (Å²) in [6.07, 6.45) is 0.993. The van der Waals surface area contributed by atoms with Crippen LogP contribution >= 0.6 is 15.9 Å². The predicted octanol–water partition coefficient (Wildman–Crippen LogP) is 3.38. The van der Waals surface area contributed by atoms with E-state index in [0.29, 0.717) is 5.47 Å².